The summed E-state index contributed by atoms with van der Waals surface area (Å²) in [6, 6.07) is 7.78. The highest BCUT2D eigenvalue weighted by Crippen LogP contribution is 2.19. The molecule has 0 aliphatic carbocycles. The molecular formula is C13H20N2O2. The standard InChI is InChI=1S/C13H20N2O2/c14-12-4-2-1-3-11(12)9-15-10-13(16)5-7-17-8-6-13/h1-4,15-16H,5-10,14H2. The van der Waals surface area contributed by atoms with Crippen LogP contribution in [0.2, 0.25) is 0 Å². The fourth-order valence-electron chi connectivity index (χ4n) is 2.05. The summed E-state index contributed by atoms with van der Waals surface area (Å²) in [6.07, 6.45) is 1.40. The number of nitrogens with two attached hydrogens (primary N) is 1. The average Bonchev–Trinajstić information content (AvgIpc) is 2.32. The topological polar surface area (TPSA) is 67.5 Å². The zero-order valence-corrected chi connectivity index (χ0v) is 9.98. The first-order valence-corrected chi connectivity index (χ1v) is 6.04. The second-order valence-corrected chi connectivity index (χ2v) is 4.64. The second-order valence-electron chi connectivity index (χ2n) is 4.64. The first-order chi connectivity index (χ1) is 8.20. The maximum absolute atomic E-state index is 10.2. The van der Waals surface area contributed by atoms with E-state index < -0.39 is 5.60 Å². The van der Waals surface area contributed by atoms with Gasteiger partial charge in [0, 0.05) is 44.8 Å². The summed E-state index contributed by atoms with van der Waals surface area (Å²) in [5.41, 5.74) is 7.09. The van der Waals surface area contributed by atoms with Crippen LogP contribution >= 0.6 is 0 Å². The van der Waals surface area contributed by atoms with Crippen molar-refractivity contribution >= 4 is 5.69 Å². The van der Waals surface area contributed by atoms with E-state index >= 15 is 0 Å². The molecule has 0 saturated carbocycles. The van der Waals surface area contributed by atoms with Crippen LogP contribution < -0.4 is 11.1 Å². The first-order valence-electron chi connectivity index (χ1n) is 6.04. The van der Waals surface area contributed by atoms with Crippen LogP contribution in [-0.4, -0.2) is 30.5 Å². The number of hydrogen-bond acceptors (Lipinski definition) is 4. The van der Waals surface area contributed by atoms with Crippen molar-refractivity contribution in [1.29, 1.82) is 0 Å². The molecule has 0 spiro atoms. The van der Waals surface area contributed by atoms with Gasteiger partial charge in [-0.05, 0) is 11.6 Å². The third-order valence-electron chi connectivity index (χ3n) is 3.25. The Morgan fingerprint density at radius 1 is 1.29 bits per heavy atom. The smallest absolute Gasteiger partial charge is 0.0815 e. The molecule has 1 aromatic rings. The minimum atomic E-state index is -0.623. The Hall–Kier alpha value is -1.10. The largest absolute Gasteiger partial charge is 0.398 e. The van der Waals surface area contributed by atoms with Crippen LogP contribution in [0, 0.1) is 0 Å². The van der Waals surface area contributed by atoms with Gasteiger partial charge >= 0.3 is 0 Å². The summed E-state index contributed by atoms with van der Waals surface area (Å²) in [7, 11) is 0. The summed E-state index contributed by atoms with van der Waals surface area (Å²) in [5.74, 6) is 0. The molecule has 1 saturated heterocycles. The minimum Gasteiger partial charge on any atom is -0.398 e. The van der Waals surface area contributed by atoms with Crippen LogP contribution in [0.5, 0.6) is 0 Å². The van der Waals surface area contributed by atoms with Crippen molar-refractivity contribution in [3.05, 3.63) is 29.8 Å². The molecule has 1 aliphatic heterocycles. The quantitative estimate of drug-likeness (QED) is 0.679. The summed E-state index contributed by atoms with van der Waals surface area (Å²) in [4.78, 5) is 0. The number of nitrogen functional groups attached to an aromatic ring is 1. The molecule has 0 atom stereocenters. The average molecular weight is 236 g/mol. The molecule has 17 heavy (non-hydrogen) atoms. The molecule has 4 N–H and O–H groups in total. The van der Waals surface area contributed by atoms with Crippen LogP contribution in [-0.2, 0) is 11.3 Å². The molecule has 1 aromatic carbocycles. The van der Waals surface area contributed by atoms with Gasteiger partial charge in [-0.2, -0.15) is 0 Å². The minimum absolute atomic E-state index is 0.588. The highest BCUT2D eigenvalue weighted by atomic mass is 16.5. The Morgan fingerprint density at radius 2 is 2.00 bits per heavy atom. The fraction of sp³-hybridized carbons (Fsp3) is 0.538. The fourth-order valence-corrected chi connectivity index (χ4v) is 2.05. The Morgan fingerprint density at radius 3 is 2.71 bits per heavy atom. The van der Waals surface area contributed by atoms with Crippen molar-refractivity contribution in [2.75, 3.05) is 25.5 Å². The van der Waals surface area contributed by atoms with Crippen LogP contribution in [0.15, 0.2) is 24.3 Å². The van der Waals surface area contributed by atoms with E-state index in [2.05, 4.69) is 5.32 Å². The van der Waals surface area contributed by atoms with Gasteiger partial charge in [-0.3, -0.25) is 0 Å². The maximum Gasteiger partial charge on any atom is 0.0815 e. The SMILES string of the molecule is Nc1ccccc1CNCC1(O)CCOCC1. The van der Waals surface area contributed by atoms with Crippen LogP contribution in [0.3, 0.4) is 0 Å². The van der Waals surface area contributed by atoms with E-state index in [0.717, 1.165) is 11.3 Å². The van der Waals surface area contributed by atoms with Crippen molar-refractivity contribution in [2.24, 2.45) is 0 Å². The number of rotatable bonds is 4. The van der Waals surface area contributed by atoms with E-state index in [0.29, 0.717) is 39.1 Å². The zero-order valence-electron chi connectivity index (χ0n) is 9.98. The summed E-state index contributed by atoms with van der Waals surface area (Å²) in [6.45, 7) is 2.57. The molecule has 4 nitrogen and oxygen atoms in total. The molecule has 4 heteroatoms. The molecule has 0 amide bonds. The Balaban J connectivity index is 1.81. The lowest BCUT2D eigenvalue weighted by atomic mass is 9.94. The van der Waals surface area contributed by atoms with Crippen molar-refractivity contribution in [1.82, 2.24) is 5.32 Å². The van der Waals surface area contributed by atoms with Crippen LogP contribution in [0.1, 0.15) is 18.4 Å². The van der Waals surface area contributed by atoms with Gasteiger partial charge in [-0.25, -0.2) is 0 Å². The Kier molecular flexibility index (Phi) is 3.99. The number of benzene rings is 1. The highest BCUT2D eigenvalue weighted by Gasteiger charge is 2.29. The summed E-state index contributed by atoms with van der Waals surface area (Å²) in [5, 5.41) is 13.5. The lowest BCUT2D eigenvalue weighted by molar-refractivity contribution is -0.0616. The molecule has 1 aliphatic rings. The van der Waals surface area contributed by atoms with Crippen LogP contribution in [0.25, 0.3) is 0 Å². The predicted molar refractivity (Wildman–Crippen MR) is 67.6 cm³/mol. The third-order valence-corrected chi connectivity index (χ3v) is 3.25. The molecule has 0 radical (unpaired) electrons. The first kappa shape index (κ1) is 12.4. The predicted octanol–water partition coefficient (Wildman–Crippen LogP) is 0.900. The number of ether oxygens (including phenoxy) is 1. The van der Waals surface area contributed by atoms with Gasteiger partial charge in [0.25, 0.3) is 0 Å². The van der Waals surface area contributed by atoms with E-state index in [1.54, 1.807) is 0 Å². The van der Waals surface area contributed by atoms with Gasteiger partial charge in [0.1, 0.15) is 0 Å². The van der Waals surface area contributed by atoms with Gasteiger partial charge in [0.2, 0.25) is 0 Å². The molecule has 0 aromatic heterocycles. The number of anilines is 1. The van der Waals surface area contributed by atoms with E-state index in [1.807, 2.05) is 24.3 Å². The van der Waals surface area contributed by atoms with Crippen molar-refractivity contribution < 1.29 is 9.84 Å². The van der Waals surface area contributed by atoms with Crippen molar-refractivity contribution in [3.8, 4) is 0 Å². The van der Waals surface area contributed by atoms with Gasteiger partial charge in [0.15, 0.2) is 0 Å². The second kappa shape index (κ2) is 5.49. The molecule has 0 bridgehead atoms. The number of hydrogen-bond donors (Lipinski definition) is 3. The maximum atomic E-state index is 10.2. The van der Waals surface area contributed by atoms with Crippen LogP contribution in [0.4, 0.5) is 5.69 Å². The van der Waals surface area contributed by atoms with Gasteiger partial charge in [-0.1, -0.05) is 18.2 Å². The summed E-state index contributed by atoms with van der Waals surface area (Å²) >= 11 is 0. The molecule has 0 unspecified atom stereocenters. The van der Waals surface area contributed by atoms with Gasteiger partial charge in [0.05, 0.1) is 5.60 Å². The molecule has 1 fully saturated rings. The molecule has 94 valence electrons. The van der Waals surface area contributed by atoms with Gasteiger partial charge in [-0.15, -0.1) is 0 Å². The Labute approximate surface area is 102 Å². The molecular weight excluding hydrogens is 216 g/mol. The Bertz CT molecular complexity index is 362. The molecule has 2 rings (SSSR count). The van der Waals surface area contributed by atoms with E-state index in [9.17, 15) is 5.11 Å². The van der Waals surface area contributed by atoms with E-state index in [4.69, 9.17) is 10.5 Å². The monoisotopic (exact) mass is 236 g/mol. The number of aliphatic hydroxyl groups is 1. The summed E-state index contributed by atoms with van der Waals surface area (Å²) < 4.78 is 5.24. The number of nitrogens with one attached hydrogen (secondary N) is 1. The third kappa shape index (κ3) is 3.43. The van der Waals surface area contributed by atoms with Crippen molar-refractivity contribution in [2.45, 2.75) is 25.0 Å². The number of para-hydroxylation sites is 1. The zero-order chi connectivity index (χ0) is 12.1. The highest BCUT2D eigenvalue weighted by molar-refractivity contribution is 5.46. The lowest BCUT2D eigenvalue weighted by Crippen LogP contribution is -2.44. The van der Waals surface area contributed by atoms with E-state index in [1.165, 1.54) is 0 Å². The molecule has 1 heterocycles. The lowest BCUT2D eigenvalue weighted by Gasteiger charge is -2.32. The van der Waals surface area contributed by atoms with E-state index in [-0.39, 0.29) is 0 Å². The van der Waals surface area contributed by atoms with Crippen molar-refractivity contribution in [3.63, 3.8) is 0 Å². The normalized spacial score (nSPS) is 19.1. The van der Waals surface area contributed by atoms with Gasteiger partial charge < -0.3 is 20.9 Å².